The van der Waals surface area contributed by atoms with E-state index in [0.29, 0.717) is 24.2 Å². The van der Waals surface area contributed by atoms with E-state index >= 15 is 0 Å². The molecular formula is C32H39N3O4. The zero-order valence-corrected chi connectivity index (χ0v) is 23.5. The topological polar surface area (TPSA) is 87.7 Å². The summed E-state index contributed by atoms with van der Waals surface area (Å²) in [6, 6.07) is 19.2. The summed E-state index contributed by atoms with van der Waals surface area (Å²) in [6.07, 6.45) is 2.52. The van der Waals surface area contributed by atoms with Gasteiger partial charge in [0.25, 0.3) is 5.91 Å². The van der Waals surface area contributed by atoms with Gasteiger partial charge in [-0.2, -0.15) is 0 Å². The second-order valence-corrected chi connectivity index (χ2v) is 10.6. The molecule has 7 heteroatoms. The van der Waals surface area contributed by atoms with Crippen LogP contribution in [0, 0.1) is 0 Å². The van der Waals surface area contributed by atoms with Crippen molar-refractivity contribution in [1.29, 1.82) is 0 Å². The number of alkyl carbamates (subject to hydrolysis) is 1. The molecule has 0 aliphatic heterocycles. The zero-order valence-electron chi connectivity index (χ0n) is 23.5. The lowest BCUT2D eigenvalue weighted by molar-refractivity contribution is -0.140. The SMILES string of the molecule is C=Cc1cccc(C(C(=O)Nc2ccc3ccccc3c2)N(CCCC)C(=O)C(C)NC(=O)OC(C)(C)C)c1. The van der Waals surface area contributed by atoms with Crippen LogP contribution in [0.2, 0.25) is 0 Å². The van der Waals surface area contributed by atoms with E-state index in [1.54, 1.807) is 38.7 Å². The Balaban J connectivity index is 1.97. The molecule has 0 fully saturated rings. The molecule has 206 valence electrons. The van der Waals surface area contributed by atoms with Crippen molar-refractivity contribution in [2.45, 2.75) is 65.1 Å². The van der Waals surface area contributed by atoms with Crippen LogP contribution in [0.25, 0.3) is 16.8 Å². The number of hydrogen-bond donors (Lipinski definition) is 2. The summed E-state index contributed by atoms with van der Waals surface area (Å²) >= 11 is 0. The Hall–Kier alpha value is -4.13. The van der Waals surface area contributed by atoms with Crippen LogP contribution < -0.4 is 10.6 Å². The molecule has 3 aromatic rings. The van der Waals surface area contributed by atoms with Gasteiger partial charge >= 0.3 is 6.09 Å². The fourth-order valence-electron chi connectivity index (χ4n) is 4.30. The lowest BCUT2D eigenvalue weighted by atomic mass is 10.00. The molecule has 0 saturated heterocycles. The average Bonchev–Trinajstić information content (AvgIpc) is 2.89. The van der Waals surface area contributed by atoms with Gasteiger partial charge in [-0.1, -0.05) is 74.5 Å². The highest BCUT2D eigenvalue weighted by atomic mass is 16.6. The Morgan fingerprint density at radius 3 is 2.38 bits per heavy atom. The second-order valence-electron chi connectivity index (χ2n) is 10.6. The van der Waals surface area contributed by atoms with Gasteiger partial charge in [0.1, 0.15) is 17.7 Å². The molecule has 3 amide bonds. The monoisotopic (exact) mass is 529 g/mol. The number of carbonyl (C=O) groups is 3. The number of fused-ring (bicyclic) bond motifs is 1. The third kappa shape index (κ3) is 8.18. The van der Waals surface area contributed by atoms with Gasteiger partial charge < -0.3 is 20.3 Å². The highest BCUT2D eigenvalue weighted by molar-refractivity contribution is 6.00. The first-order valence-electron chi connectivity index (χ1n) is 13.3. The minimum atomic E-state index is -0.932. The maximum Gasteiger partial charge on any atom is 0.408 e. The van der Waals surface area contributed by atoms with E-state index in [0.717, 1.165) is 22.8 Å². The Bertz CT molecular complexity index is 1330. The van der Waals surface area contributed by atoms with Crippen LogP contribution in [-0.4, -0.2) is 41.0 Å². The largest absolute Gasteiger partial charge is 0.444 e. The van der Waals surface area contributed by atoms with Gasteiger partial charge in [-0.3, -0.25) is 9.59 Å². The van der Waals surface area contributed by atoms with Crippen LogP contribution in [0.4, 0.5) is 10.5 Å². The van der Waals surface area contributed by atoms with Gasteiger partial charge in [-0.05, 0) is 74.2 Å². The number of rotatable bonds is 10. The molecule has 0 heterocycles. The van der Waals surface area contributed by atoms with Crippen LogP contribution in [0.1, 0.15) is 64.6 Å². The molecule has 3 aromatic carbocycles. The van der Waals surface area contributed by atoms with Crippen LogP contribution >= 0.6 is 0 Å². The second kappa shape index (κ2) is 13.1. The molecule has 0 aliphatic rings. The van der Waals surface area contributed by atoms with Crippen LogP contribution in [-0.2, 0) is 14.3 Å². The first kappa shape index (κ1) is 29.4. The van der Waals surface area contributed by atoms with Crippen LogP contribution in [0.15, 0.2) is 73.3 Å². The van der Waals surface area contributed by atoms with Crippen molar-refractivity contribution in [3.8, 4) is 0 Å². The van der Waals surface area contributed by atoms with Gasteiger partial charge in [0.2, 0.25) is 5.91 Å². The quantitative estimate of drug-likeness (QED) is 0.306. The van der Waals surface area contributed by atoms with Gasteiger partial charge in [-0.15, -0.1) is 0 Å². The van der Waals surface area contributed by atoms with E-state index in [4.69, 9.17) is 4.74 Å². The average molecular weight is 530 g/mol. The molecule has 39 heavy (non-hydrogen) atoms. The number of ether oxygens (including phenoxy) is 1. The minimum Gasteiger partial charge on any atom is -0.444 e. The molecule has 0 radical (unpaired) electrons. The molecule has 0 saturated carbocycles. The summed E-state index contributed by atoms with van der Waals surface area (Å²) in [4.78, 5) is 41.7. The Kier molecular flexibility index (Phi) is 9.88. The van der Waals surface area contributed by atoms with Crippen molar-refractivity contribution in [2.24, 2.45) is 0 Å². The lowest BCUT2D eigenvalue weighted by Gasteiger charge is -2.34. The molecule has 0 aliphatic carbocycles. The van der Waals surface area contributed by atoms with E-state index < -0.39 is 23.8 Å². The van der Waals surface area contributed by atoms with E-state index in [1.165, 1.54) is 0 Å². The highest BCUT2D eigenvalue weighted by Gasteiger charge is 2.34. The number of nitrogens with zero attached hydrogens (tertiary/aromatic N) is 1. The predicted molar refractivity (Wildman–Crippen MR) is 157 cm³/mol. The van der Waals surface area contributed by atoms with Crippen LogP contribution in [0.3, 0.4) is 0 Å². The predicted octanol–water partition coefficient (Wildman–Crippen LogP) is 6.70. The molecular weight excluding hydrogens is 490 g/mol. The van der Waals surface area contributed by atoms with E-state index in [2.05, 4.69) is 17.2 Å². The van der Waals surface area contributed by atoms with E-state index in [9.17, 15) is 14.4 Å². The highest BCUT2D eigenvalue weighted by Crippen LogP contribution is 2.27. The maximum atomic E-state index is 13.9. The van der Waals surface area contributed by atoms with Gasteiger partial charge in [0, 0.05) is 12.2 Å². The number of nitrogens with one attached hydrogen (secondary N) is 2. The molecule has 2 N–H and O–H groups in total. The van der Waals surface area contributed by atoms with Crippen LogP contribution in [0.5, 0.6) is 0 Å². The number of benzene rings is 3. The summed E-state index contributed by atoms with van der Waals surface area (Å²) in [5.41, 5.74) is 1.41. The Morgan fingerprint density at radius 2 is 1.72 bits per heavy atom. The lowest BCUT2D eigenvalue weighted by Crippen LogP contribution is -2.51. The summed E-state index contributed by atoms with van der Waals surface area (Å²) < 4.78 is 5.35. The third-order valence-corrected chi connectivity index (χ3v) is 6.18. The van der Waals surface area contributed by atoms with Gasteiger partial charge in [-0.25, -0.2) is 4.79 Å². The summed E-state index contributed by atoms with van der Waals surface area (Å²) in [5, 5.41) is 7.71. The Morgan fingerprint density at radius 1 is 1.00 bits per heavy atom. The zero-order chi connectivity index (χ0) is 28.6. The summed E-state index contributed by atoms with van der Waals surface area (Å²) in [7, 11) is 0. The van der Waals surface area contributed by atoms with Crippen molar-refractivity contribution in [3.05, 3.63) is 84.4 Å². The number of amides is 3. The fourth-order valence-corrected chi connectivity index (χ4v) is 4.30. The molecule has 2 atom stereocenters. The van der Waals surface area contributed by atoms with Crippen molar-refractivity contribution < 1.29 is 19.1 Å². The fraction of sp³-hybridized carbons (Fsp3) is 0.344. The summed E-state index contributed by atoms with van der Waals surface area (Å²) in [6.45, 7) is 13.1. The maximum absolute atomic E-state index is 13.9. The molecule has 7 nitrogen and oxygen atoms in total. The van der Waals surface area contributed by atoms with Gasteiger partial charge in [0.15, 0.2) is 0 Å². The third-order valence-electron chi connectivity index (χ3n) is 6.18. The number of hydrogen-bond acceptors (Lipinski definition) is 4. The molecule has 2 unspecified atom stereocenters. The first-order valence-corrected chi connectivity index (χ1v) is 13.3. The molecule has 0 bridgehead atoms. The number of carbonyl (C=O) groups excluding carboxylic acids is 3. The first-order chi connectivity index (χ1) is 18.5. The number of anilines is 1. The van der Waals surface area contributed by atoms with Crippen molar-refractivity contribution in [3.63, 3.8) is 0 Å². The van der Waals surface area contributed by atoms with Crippen molar-refractivity contribution in [2.75, 3.05) is 11.9 Å². The standard InChI is InChI=1S/C32H39N3O4/c1-7-9-19-35(30(37)22(3)33-31(38)39-32(4,5)6)28(26-16-12-13-23(8-2)20-26)29(36)34-27-18-17-24-14-10-11-15-25(24)21-27/h8,10-18,20-22,28H,2,7,9,19H2,1,3-6H3,(H,33,38)(H,34,36). The smallest absolute Gasteiger partial charge is 0.408 e. The van der Waals surface area contributed by atoms with Crippen molar-refractivity contribution in [1.82, 2.24) is 10.2 Å². The molecule has 3 rings (SSSR count). The normalized spacial score (nSPS) is 12.7. The van der Waals surface area contributed by atoms with Crippen molar-refractivity contribution >= 4 is 40.4 Å². The molecule has 0 spiro atoms. The Labute approximate surface area is 231 Å². The molecule has 0 aromatic heterocycles. The number of unbranched alkanes of at least 4 members (excludes halogenated alkanes) is 1. The van der Waals surface area contributed by atoms with E-state index in [-0.39, 0.29) is 11.8 Å². The van der Waals surface area contributed by atoms with E-state index in [1.807, 2.05) is 73.7 Å². The van der Waals surface area contributed by atoms with Gasteiger partial charge in [0.05, 0.1) is 0 Å². The summed E-state index contributed by atoms with van der Waals surface area (Å²) in [5.74, 6) is -0.725. The minimum absolute atomic E-state index is 0.337.